The van der Waals surface area contributed by atoms with Gasteiger partial charge < -0.3 is 14.8 Å². The van der Waals surface area contributed by atoms with Crippen molar-refractivity contribution in [3.05, 3.63) is 54.1 Å². The van der Waals surface area contributed by atoms with E-state index in [9.17, 15) is 0 Å². The lowest BCUT2D eigenvalue weighted by Gasteiger charge is -2.32. The summed E-state index contributed by atoms with van der Waals surface area (Å²) in [6.45, 7) is 4.43. The van der Waals surface area contributed by atoms with Crippen LogP contribution in [-0.2, 0) is 0 Å². The molecule has 1 saturated carbocycles. The lowest BCUT2D eigenvalue weighted by molar-refractivity contribution is 0.254. The summed E-state index contributed by atoms with van der Waals surface area (Å²) in [6.07, 6.45) is 9.35. The minimum absolute atomic E-state index is 0.0890. The van der Waals surface area contributed by atoms with Gasteiger partial charge in [-0.05, 0) is 63.2 Å². The number of hydrogen-bond acceptors (Lipinski definition) is 2. The van der Waals surface area contributed by atoms with Gasteiger partial charge in [0.05, 0.1) is 17.8 Å². The molecule has 3 heterocycles. The summed E-state index contributed by atoms with van der Waals surface area (Å²) in [6, 6.07) is 11.8. The maximum absolute atomic E-state index is 5.70. The van der Waals surface area contributed by atoms with Crippen LogP contribution in [0.25, 0.3) is 0 Å². The predicted octanol–water partition coefficient (Wildman–Crippen LogP) is 4.38. The summed E-state index contributed by atoms with van der Waals surface area (Å²) in [5.74, 6) is 0. The van der Waals surface area contributed by atoms with E-state index in [1.807, 2.05) is 12.3 Å². The molecule has 0 spiro atoms. The Balaban J connectivity index is 1.77. The van der Waals surface area contributed by atoms with Crippen molar-refractivity contribution in [3.8, 4) is 0 Å². The molecule has 2 aromatic rings. The molecule has 4 nitrogen and oxygen atoms in total. The van der Waals surface area contributed by atoms with Gasteiger partial charge in [0.15, 0.2) is 5.11 Å². The Hall–Kier alpha value is -1.88. The van der Waals surface area contributed by atoms with Gasteiger partial charge in [-0.2, -0.15) is 0 Å². The average Bonchev–Trinajstić information content (AvgIpc) is 3.33. The number of hydrogen-bond donors (Lipinski definition) is 1. The molecule has 4 rings (SSSR count). The van der Waals surface area contributed by atoms with E-state index >= 15 is 0 Å². The molecule has 0 unspecified atom stereocenters. The molecule has 2 aromatic heterocycles. The summed E-state index contributed by atoms with van der Waals surface area (Å²) in [4.78, 5) is 6.96. The topological polar surface area (TPSA) is 33.1 Å². The van der Waals surface area contributed by atoms with E-state index in [1.54, 1.807) is 0 Å². The number of pyridine rings is 1. The molecule has 1 aliphatic carbocycles. The molecule has 1 N–H and O–H groups in total. The van der Waals surface area contributed by atoms with Crippen LogP contribution in [0.1, 0.15) is 69.0 Å². The third kappa shape index (κ3) is 2.95. The van der Waals surface area contributed by atoms with Crippen molar-refractivity contribution in [2.45, 2.75) is 63.7 Å². The molecule has 0 bridgehead atoms. The van der Waals surface area contributed by atoms with Crippen molar-refractivity contribution in [2.24, 2.45) is 0 Å². The summed E-state index contributed by atoms with van der Waals surface area (Å²) in [7, 11) is 0. The van der Waals surface area contributed by atoms with E-state index in [2.05, 4.69) is 64.1 Å². The summed E-state index contributed by atoms with van der Waals surface area (Å²) in [5.41, 5.74) is 2.40. The predicted molar refractivity (Wildman–Crippen MR) is 104 cm³/mol. The first-order chi connectivity index (χ1) is 12.2. The maximum Gasteiger partial charge on any atom is 0.170 e. The highest BCUT2D eigenvalue weighted by Crippen LogP contribution is 2.42. The van der Waals surface area contributed by atoms with E-state index < -0.39 is 0 Å². The fraction of sp³-hybridized carbons (Fsp3) is 0.500. The first-order valence-electron chi connectivity index (χ1n) is 9.33. The van der Waals surface area contributed by atoms with Gasteiger partial charge in [-0.25, -0.2) is 0 Å². The van der Waals surface area contributed by atoms with E-state index in [0.29, 0.717) is 12.1 Å². The number of nitrogens with zero attached hydrogens (tertiary/aromatic N) is 3. The monoisotopic (exact) mass is 354 g/mol. The second kappa shape index (κ2) is 6.79. The van der Waals surface area contributed by atoms with Gasteiger partial charge in [0.25, 0.3) is 0 Å². The third-order valence-electron chi connectivity index (χ3n) is 5.52. The second-order valence-corrected chi connectivity index (χ2v) is 7.79. The van der Waals surface area contributed by atoms with Crippen molar-refractivity contribution in [1.82, 2.24) is 19.8 Å². The molecule has 0 aromatic carbocycles. The zero-order chi connectivity index (χ0) is 17.4. The van der Waals surface area contributed by atoms with Gasteiger partial charge in [-0.15, -0.1) is 0 Å². The molecule has 2 aliphatic rings. The van der Waals surface area contributed by atoms with Crippen molar-refractivity contribution in [1.29, 1.82) is 0 Å². The smallest absolute Gasteiger partial charge is 0.170 e. The molecule has 1 saturated heterocycles. The van der Waals surface area contributed by atoms with Gasteiger partial charge in [0, 0.05) is 30.2 Å². The Morgan fingerprint density at radius 3 is 2.64 bits per heavy atom. The fourth-order valence-corrected chi connectivity index (χ4v) is 4.86. The SMILES string of the molecule is CC(C)N1C(=S)N[C@@H](c2ccccn2)[C@@H]1c1cccn1C1CCCC1. The lowest BCUT2D eigenvalue weighted by atomic mass is 10.00. The average molecular weight is 355 g/mol. The highest BCUT2D eigenvalue weighted by molar-refractivity contribution is 7.80. The highest BCUT2D eigenvalue weighted by atomic mass is 32.1. The van der Waals surface area contributed by atoms with Crippen molar-refractivity contribution in [3.63, 3.8) is 0 Å². The minimum atomic E-state index is 0.0890. The lowest BCUT2D eigenvalue weighted by Crippen LogP contribution is -2.36. The molecule has 0 amide bonds. The van der Waals surface area contributed by atoms with E-state index in [0.717, 1.165) is 10.8 Å². The van der Waals surface area contributed by atoms with Gasteiger partial charge in [-0.1, -0.05) is 18.9 Å². The van der Waals surface area contributed by atoms with Crippen LogP contribution >= 0.6 is 12.2 Å². The third-order valence-corrected chi connectivity index (χ3v) is 5.85. The molecular formula is C20H26N4S. The Morgan fingerprint density at radius 2 is 1.96 bits per heavy atom. The van der Waals surface area contributed by atoms with Crippen LogP contribution in [0.15, 0.2) is 42.7 Å². The zero-order valence-corrected chi connectivity index (χ0v) is 15.7. The van der Waals surface area contributed by atoms with Gasteiger partial charge in [0.1, 0.15) is 0 Å². The molecule has 0 radical (unpaired) electrons. The van der Waals surface area contributed by atoms with Crippen LogP contribution < -0.4 is 5.32 Å². The van der Waals surface area contributed by atoms with Crippen LogP contribution in [0.4, 0.5) is 0 Å². The van der Waals surface area contributed by atoms with Crippen molar-refractivity contribution in [2.75, 3.05) is 0 Å². The normalized spacial score (nSPS) is 24.3. The standard InChI is InChI=1S/C20H26N4S/c1-14(2)24-19(17-11-7-13-23(17)15-8-3-4-9-15)18(22-20(24)25)16-10-5-6-12-21-16/h5-7,10-15,18-19H,3-4,8-9H2,1-2H3,(H,22,25)/t18-,19-/m0/s1. The van der Waals surface area contributed by atoms with E-state index in [-0.39, 0.29) is 12.1 Å². The van der Waals surface area contributed by atoms with Crippen molar-refractivity contribution >= 4 is 17.3 Å². The van der Waals surface area contributed by atoms with Gasteiger partial charge in [-0.3, -0.25) is 4.98 Å². The largest absolute Gasteiger partial charge is 0.352 e. The van der Waals surface area contributed by atoms with Crippen LogP contribution in [0.5, 0.6) is 0 Å². The van der Waals surface area contributed by atoms with Crippen molar-refractivity contribution < 1.29 is 0 Å². The quantitative estimate of drug-likeness (QED) is 0.826. The van der Waals surface area contributed by atoms with Gasteiger partial charge >= 0.3 is 0 Å². The number of nitrogens with one attached hydrogen (secondary N) is 1. The number of rotatable bonds is 4. The Kier molecular flexibility index (Phi) is 4.50. The Morgan fingerprint density at radius 1 is 1.16 bits per heavy atom. The second-order valence-electron chi connectivity index (χ2n) is 7.41. The van der Waals surface area contributed by atoms with Crippen LogP contribution in [0, 0.1) is 0 Å². The maximum atomic E-state index is 5.70. The first-order valence-corrected chi connectivity index (χ1v) is 9.74. The minimum Gasteiger partial charge on any atom is -0.352 e. The Bertz CT molecular complexity index is 733. The molecule has 1 aliphatic heterocycles. The van der Waals surface area contributed by atoms with Crippen LogP contribution in [0.3, 0.4) is 0 Å². The molecule has 132 valence electrons. The summed E-state index contributed by atoms with van der Waals surface area (Å²) >= 11 is 5.70. The zero-order valence-electron chi connectivity index (χ0n) is 14.9. The Labute approximate surface area is 155 Å². The number of aromatic nitrogens is 2. The molecule has 5 heteroatoms. The number of thiocarbonyl (C=S) groups is 1. The van der Waals surface area contributed by atoms with E-state index in [4.69, 9.17) is 12.2 Å². The van der Waals surface area contributed by atoms with Crippen LogP contribution in [-0.4, -0.2) is 25.6 Å². The van der Waals surface area contributed by atoms with E-state index in [1.165, 1.54) is 31.4 Å². The fourth-order valence-electron chi connectivity index (χ4n) is 4.41. The first kappa shape index (κ1) is 16.6. The summed E-state index contributed by atoms with van der Waals surface area (Å²) in [5, 5.41) is 4.37. The molecule has 25 heavy (non-hydrogen) atoms. The molecule has 2 fully saturated rings. The highest BCUT2D eigenvalue weighted by Gasteiger charge is 2.42. The molecular weight excluding hydrogens is 328 g/mol. The molecule has 2 atom stereocenters. The van der Waals surface area contributed by atoms with Gasteiger partial charge in [0.2, 0.25) is 0 Å². The van der Waals surface area contributed by atoms with Crippen LogP contribution in [0.2, 0.25) is 0 Å². The summed E-state index contributed by atoms with van der Waals surface area (Å²) < 4.78 is 2.50.